The molecule has 1 aliphatic heterocycles. The van der Waals surface area contributed by atoms with Crippen LogP contribution in [0.15, 0.2) is 53.5 Å². The van der Waals surface area contributed by atoms with Crippen LogP contribution in [0.5, 0.6) is 0 Å². The highest BCUT2D eigenvalue weighted by molar-refractivity contribution is 6.31. The molecule has 0 N–H and O–H groups in total. The smallest absolute Gasteiger partial charge is 0.159 e. The molecular weight excluding hydrogens is 296 g/mol. The van der Waals surface area contributed by atoms with E-state index in [1.807, 2.05) is 30.3 Å². The first-order valence-electron chi connectivity index (χ1n) is 9.14. The summed E-state index contributed by atoms with van der Waals surface area (Å²) in [5.41, 5.74) is 2.02. The van der Waals surface area contributed by atoms with E-state index >= 15 is 0 Å². The lowest BCUT2D eigenvalue weighted by atomic mass is 10.0. The van der Waals surface area contributed by atoms with Gasteiger partial charge < -0.3 is 0 Å². The Bertz CT molecular complexity index is 1070. The molecule has 0 saturated carbocycles. The Kier molecular flexibility index (Phi) is 2.04. The molecule has 3 aromatic rings. The van der Waals surface area contributed by atoms with Crippen molar-refractivity contribution in [1.29, 1.82) is 0 Å². The SMILES string of the molecule is [2H]c1c(Cl)cc2c(c1[2H])-n1c(nnc1C([2H])([2H])[2H])CN=C2c1ccccc1. The quantitative estimate of drug-likeness (QED) is 0.689. The fourth-order valence-corrected chi connectivity index (χ4v) is 2.66. The molecule has 0 unspecified atom stereocenters. The molecule has 5 heteroatoms. The zero-order chi connectivity index (χ0) is 19.3. The number of aromatic nitrogens is 3. The van der Waals surface area contributed by atoms with E-state index in [-0.39, 0.29) is 35.2 Å². The molecule has 2 aromatic carbocycles. The summed E-state index contributed by atoms with van der Waals surface area (Å²) in [6, 6.07) is 10.5. The lowest BCUT2D eigenvalue weighted by Crippen LogP contribution is -2.08. The maximum absolute atomic E-state index is 8.45. The summed E-state index contributed by atoms with van der Waals surface area (Å²) in [7, 11) is 0. The summed E-state index contributed by atoms with van der Waals surface area (Å²) in [6.07, 6.45) is 0. The van der Waals surface area contributed by atoms with Crippen LogP contribution in [0, 0.1) is 6.85 Å². The van der Waals surface area contributed by atoms with Crippen molar-refractivity contribution in [2.45, 2.75) is 13.4 Å². The first-order chi connectivity index (χ1) is 12.8. The summed E-state index contributed by atoms with van der Waals surface area (Å²) in [4.78, 5) is 4.59. The first kappa shape index (κ1) is 8.86. The van der Waals surface area contributed by atoms with E-state index in [4.69, 9.17) is 18.5 Å². The average molecular weight is 314 g/mol. The zero-order valence-electron chi connectivity index (χ0n) is 16.3. The van der Waals surface area contributed by atoms with Gasteiger partial charge in [0, 0.05) is 20.3 Å². The molecule has 4 rings (SSSR count). The molecule has 0 aliphatic carbocycles. The van der Waals surface area contributed by atoms with Gasteiger partial charge in [-0.2, -0.15) is 0 Å². The summed E-state index contributed by atoms with van der Waals surface area (Å²) < 4.78 is 41.1. The predicted molar refractivity (Wildman–Crippen MR) is 86.9 cm³/mol. The molecule has 0 bridgehead atoms. The standard InChI is InChI=1S/C17H13ClN4/c1-11-20-21-16-10-19-17(12-5-3-2-4-6-12)14-9-13(18)7-8-15(14)22(11)16/h2-9H,10H2,1H3/i1D3,7D,8D. The van der Waals surface area contributed by atoms with Crippen molar-refractivity contribution >= 4 is 17.3 Å². The van der Waals surface area contributed by atoms with Crippen molar-refractivity contribution in [3.05, 3.63) is 76.3 Å². The Morgan fingerprint density at radius 2 is 2.09 bits per heavy atom. The van der Waals surface area contributed by atoms with E-state index in [0.717, 1.165) is 5.56 Å². The van der Waals surface area contributed by atoms with E-state index in [1.165, 1.54) is 4.57 Å². The molecule has 0 radical (unpaired) electrons. The summed E-state index contributed by atoms with van der Waals surface area (Å²) in [5.74, 6) is 0.0296. The molecule has 1 aromatic heterocycles. The molecular formula is C17H13ClN4. The molecule has 0 saturated heterocycles. The van der Waals surface area contributed by atoms with Crippen molar-refractivity contribution in [2.24, 2.45) is 4.99 Å². The normalized spacial score (nSPS) is 17.0. The zero-order valence-corrected chi connectivity index (χ0v) is 12.1. The minimum atomic E-state index is -2.53. The molecule has 22 heavy (non-hydrogen) atoms. The molecule has 1 aliphatic rings. The average Bonchev–Trinajstić information content (AvgIpc) is 2.98. The molecule has 0 spiro atoms. The lowest BCUT2D eigenvalue weighted by molar-refractivity contribution is 0.862. The fraction of sp³-hybridized carbons (Fsp3) is 0.118. The maximum atomic E-state index is 8.45. The van der Waals surface area contributed by atoms with Gasteiger partial charge in [0.15, 0.2) is 5.82 Å². The van der Waals surface area contributed by atoms with Gasteiger partial charge in [0.1, 0.15) is 12.4 Å². The van der Waals surface area contributed by atoms with Gasteiger partial charge in [-0.3, -0.25) is 9.56 Å². The number of rotatable bonds is 1. The second-order valence-electron chi connectivity index (χ2n) is 4.81. The number of hydrogen-bond acceptors (Lipinski definition) is 3. The second-order valence-corrected chi connectivity index (χ2v) is 5.22. The number of aliphatic imine (C=N–C) groups is 1. The van der Waals surface area contributed by atoms with E-state index in [9.17, 15) is 0 Å². The van der Waals surface area contributed by atoms with Gasteiger partial charge in [0.25, 0.3) is 0 Å². The van der Waals surface area contributed by atoms with E-state index in [0.29, 0.717) is 17.1 Å². The lowest BCUT2D eigenvalue weighted by Gasteiger charge is -2.12. The van der Waals surface area contributed by atoms with Gasteiger partial charge in [-0.25, -0.2) is 0 Å². The second kappa shape index (κ2) is 5.07. The third-order valence-corrected chi connectivity index (χ3v) is 3.66. The van der Waals surface area contributed by atoms with Gasteiger partial charge in [-0.1, -0.05) is 41.9 Å². The van der Waals surface area contributed by atoms with Crippen LogP contribution in [0.1, 0.15) is 29.6 Å². The van der Waals surface area contributed by atoms with Crippen molar-refractivity contribution in [2.75, 3.05) is 0 Å². The number of benzene rings is 2. The van der Waals surface area contributed by atoms with E-state index in [2.05, 4.69) is 15.2 Å². The van der Waals surface area contributed by atoms with E-state index in [1.54, 1.807) is 6.07 Å². The highest BCUT2D eigenvalue weighted by Gasteiger charge is 2.21. The number of nitrogens with zero attached hydrogens (tertiary/aromatic N) is 4. The topological polar surface area (TPSA) is 43.1 Å². The van der Waals surface area contributed by atoms with Gasteiger partial charge in [-0.05, 0) is 25.0 Å². The highest BCUT2D eigenvalue weighted by atomic mass is 35.5. The fourth-order valence-electron chi connectivity index (χ4n) is 2.51. The van der Waals surface area contributed by atoms with Crippen LogP contribution in [0.3, 0.4) is 0 Å². The Morgan fingerprint density at radius 1 is 1.23 bits per heavy atom. The summed E-state index contributed by atoms with van der Waals surface area (Å²) in [6.45, 7) is -2.44. The van der Waals surface area contributed by atoms with Crippen molar-refractivity contribution < 1.29 is 6.85 Å². The molecule has 0 fully saturated rings. The Morgan fingerprint density at radius 3 is 2.91 bits per heavy atom. The maximum Gasteiger partial charge on any atom is 0.159 e. The van der Waals surface area contributed by atoms with Gasteiger partial charge in [-0.15, -0.1) is 10.2 Å². The summed E-state index contributed by atoms with van der Waals surface area (Å²) in [5, 5.41) is 7.87. The third kappa shape index (κ3) is 2.04. The largest absolute Gasteiger partial charge is 0.281 e. The Labute approximate surface area is 140 Å². The van der Waals surface area contributed by atoms with Crippen LogP contribution in [0.4, 0.5) is 0 Å². The van der Waals surface area contributed by atoms with Gasteiger partial charge >= 0.3 is 0 Å². The van der Waals surface area contributed by atoms with Crippen molar-refractivity contribution in [3.8, 4) is 5.69 Å². The predicted octanol–water partition coefficient (Wildman–Crippen LogP) is 3.58. The van der Waals surface area contributed by atoms with Crippen LogP contribution < -0.4 is 0 Å². The van der Waals surface area contributed by atoms with Crippen molar-refractivity contribution in [3.63, 3.8) is 0 Å². The van der Waals surface area contributed by atoms with Gasteiger partial charge in [0.05, 0.1) is 14.1 Å². The summed E-state index contributed by atoms with van der Waals surface area (Å²) >= 11 is 6.17. The Balaban J connectivity index is 2.09. The number of aryl methyl sites for hydroxylation is 1. The first-order valence-corrected chi connectivity index (χ1v) is 7.02. The highest BCUT2D eigenvalue weighted by Crippen LogP contribution is 2.27. The number of fused-ring (bicyclic) bond motifs is 3. The van der Waals surface area contributed by atoms with E-state index < -0.39 is 6.85 Å². The van der Waals surface area contributed by atoms with Crippen LogP contribution in [0.2, 0.25) is 5.02 Å². The van der Waals surface area contributed by atoms with Crippen molar-refractivity contribution in [1.82, 2.24) is 14.8 Å². The third-order valence-electron chi connectivity index (χ3n) is 3.46. The van der Waals surface area contributed by atoms with Crippen LogP contribution in [-0.4, -0.2) is 20.5 Å². The molecule has 2 heterocycles. The van der Waals surface area contributed by atoms with Crippen LogP contribution >= 0.6 is 11.6 Å². The Hall–Kier alpha value is -2.46. The minimum Gasteiger partial charge on any atom is -0.281 e. The van der Waals surface area contributed by atoms with Crippen LogP contribution in [-0.2, 0) is 6.54 Å². The van der Waals surface area contributed by atoms with Gasteiger partial charge in [0.2, 0.25) is 0 Å². The molecule has 4 nitrogen and oxygen atoms in total. The van der Waals surface area contributed by atoms with Crippen LogP contribution in [0.25, 0.3) is 5.69 Å². The number of halogens is 1. The molecule has 108 valence electrons. The number of hydrogen-bond donors (Lipinski definition) is 0. The molecule has 0 amide bonds. The minimum absolute atomic E-state index is 0.0897. The molecule has 0 atom stereocenters. The monoisotopic (exact) mass is 313 g/mol.